The number of carbonyl (C=O) groups excluding carboxylic acids is 1. The summed E-state index contributed by atoms with van der Waals surface area (Å²) >= 11 is 1.15. The van der Waals surface area contributed by atoms with Gasteiger partial charge >= 0.3 is 0 Å². The summed E-state index contributed by atoms with van der Waals surface area (Å²) in [6, 6.07) is 0. The minimum absolute atomic E-state index is 0.654. The largest absolute Gasteiger partial charge is 0.429 e. The topological polar surface area (TPSA) is 26.3 Å². The van der Waals surface area contributed by atoms with Crippen LogP contribution in [-0.2, 0) is 8.98 Å². The zero-order valence-corrected chi connectivity index (χ0v) is 4.85. The molecule has 1 heterocycles. The number of aldehydes is 1. The number of hydrogen-bond donors (Lipinski definition) is 0. The Balaban J connectivity index is 2.64. The molecular formula is C5H4O2S. The predicted molar refractivity (Wildman–Crippen MR) is 32.0 cm³/mol. The highest BCUT2D eigenvalue weighted by Gasteiger charge is 1.93. The van der Waals surface area contributed by atoms with E-state index in [1.807, 2.05) is 0 Å². The molecule has 1 rings (SSSR count). The van der Waals surface area contributed by atoms with Gasteiger partial charge in [-0.15, -0.1) is 0 Å². The molecule has 0 aromatic rings. The molecule has 0 saturated carbocycles. The molecule has 0 amide bonds. The average molecular weight is 128 g/mol. The zero-order chi connectivity index (χ0) is 5.82. The molecule has 0 saturated heterocycles. The Labute approximate surface area is 51.4 Å². The van der Waals surface area contributed by atoms with Crippen LogP contribution in [0.3, 0.4) is 0 Å². The summed E-state index contributed by atoms with van der Waals surface area (Å²) in [5, 5.41) is 1.65. The Hall–Kier alpha value is -0.700. The standard InChI is InChI=1S/C5H4O2S/c6-3-5-1-2-7-8-4-5/h1-4H. The summed E-state index contributed by atoms with van der Waals surface area (Å²) in [5.41, 5.74) is 0.654. The van der Waals surface area contributed by atoms with Crippen molar-refractivity contribution < 1.29 is 8.98 Å². The minimum Gasteiger partial charge on any atom is -0.429 e. The van der Waals surface area contributed by atoms with Gasteiger partial charge in [0.25, 0.3) is 0 Å². The normalized spacial score (nSPS) is 16.8. The summed E-state index contributed by atoms with van der Waals surface area (Å²) in [6.45, 7) is 0. The lowest BCUT2D eigenvalue weighted by atomic mass is 10.3. The molecule has 42 valence electrons. The smallest absolute Gasteiger partial charge is 0.150 e. The van der Waals surface area contributed by atoms with Crippen molar-refractivity contribution in [3.63, 3.8) is 0 Å². The lowest BCUT2D eigenvalue weighted by molar-refractivity contribution is -0.104. The first-order valence-corrected chi connectivity index (χ1v) is 2.88. The van der Waals surface area contributed by atoms with Crippen LogP contribution in [0.5, 0.6) is 0 Å². The van der Waals surface area contributed by atoms with Crippen molar-refractivity contribution in [1.82, 2.24) is 0 Å². The van der Waals surface area contributed by atoms with Gasteiger partial charge in [-0.1, -0.05) is 0 Å². The van der Waals surface area contributed by atoms with E-state index in [0.29, 0.717) is 5.57 Å². The highest BCUT2D eigenvalue weighted by molar-refractivity contribution is 7.97. The van der Waals surface area contributed by atoms with Gasteiger partial charge in [0.05, 0.1) is 12.0 Å². The average Bonchev–Trinajstić information content (AvgIpc) is 1.90. The van der Waals surface area contributed by atoms with Crippen LogP contribution in [-0.4, -0.2) is 6.29 Å². The molecule has 1 aliphatic heterocycles. The fourth-order valence-electron chi connectivity index (χ4n) is 0.328. The van der Waals surface area contributed by atoms with Crippen molar-refractivity contribution >= 4 is 18.3 Å². The number of rotatable bonds is 1. The van der Waals surface area contributed by atoms with E-state index in [4.69, 9.17) is 4.18 Å². The second-order valence-corrected chi connectivity index (χ2v) is 1.85. The first kappa shape index (κ1) is 5.44. The Bertz CT molecular complexity index is 149. The van der Waals surface area contributed by atoms with Crippen molar-refractivity contribution in [2.24, 2.45) is 0 Å². The Morgan fingerprint density at radius 1 is 1.75 bits per heavy atom. The van der Waals surface area contributed by atoms with Gasteiger partial charge in [-0.3, -0.25) is 4.79 Å². The van der Waals surface area contributed by atoms with Crippen LogP contribution >= 0.6 is 12.0 Å². The monoisotopic (exact) mass is 128 g/mol. The highest BCUT2D eigenvalue weighted by atomic mass is 32.2. The summed E-state index contributed by atoms with van der Waals surface area (Å²) < 4.78 is 4.70. The maximum absolute atomic E-state index is 9.97. The second-order valence-electron chi connectivity index (χ2n) is 1.23. The maximum atomic E-state index is 9.97. The van der Waals surface area contributed by atoms with Gasteiger partial charge < -0.3 is 4.18 Å². The van der Waals surface area contributed by atoms with Crippen LogP contribution in [0.2, 0.25) is 0 Å². The summed E-state index contributed by atoms with van der Waals surface area (Å²) in [7, 11) is 0. The Morgan fingerprint density at radius 3 is 3.00 bits per heavy atom. The molecular weight excluding hydrogens is 124 g/mol. The predicted octanol–water partition coefficient (Wildman–Crippen LogP) is 1.26. The van der Waals surface area contributed by atoms with E-state index >= 15 is 0 Å². The van der Waals surface area contributed by atoms with Crippen molar-refractivity contribution in [2.75, 3.05) is 0 Å². The summed E-state index contributed by atoms with van der Waals surface area (Å²) in [6.07, 6.45) is 3.88. The third-order valence-electron chi connectivity index (χ3n) is 0.692. The zero-order valence-electron chi connectivity index (χ0n) is 4.03. The van der Waals surface area contributed by atoms with Crippen molar-refractivity contribution in [1.29, 1.82) is 0 Å². The number of allylic oxidation sites excluding steroid dienone is 2. The third kappa shape index (κ3) is 1.13. The molecule has 0 aliphatic carbocycles. The van der Waals surface area contributed by atoms with Gasteiger partial charge in [-0.05, 0) is 6.08 Å². The molecule has 8 heavy (non-hydrogen) atoms. The van der Waals surface area contributed by atoms with E-state index in [1.165, 1.54) is 6.26 Å². The quantitative estimate of drug-likeness (QED) is 0.393. The number of hydrogen-bond acceptors (Lipinski definition) is 3. The van der Waals surface area contributed by atoms with Gasteiger partial charge in [0, 0.05) is 11.0 Å². The van der Waals surface area contributed by atoms with E-state index in [1.54, 1.807) is 11.5 Å². The van der Waals surface area contributed by atoms with E-state index in [2.05, 4.69) is 0 Å². The lowest BCUT2D eigenvalue weighted by Gasteiger charge is -1.97. The molecule has 2 nitrogen and oxygen atoms in total. The van der Waals surface area contributed by atoms with Crippen molar-refractivity contribution in [2.45, 2.75) is 0 Å². The molecule has 0 spiro atoms. The molecule has 0 atom stereocenters. The fraction of sp³-hybridized carbons (Fsp3) is 0. The van der Waals surface area contributed by atoms with E-state index in [0.717, 1.165) is 18.3 Å². The van der Waals surface area contributed by atoms with Crippen LogP contribution in [0.1, 0.15) is 0 Å². The van der Waals surface area contributed by atoms with Gasteiger partial charge in [0.2, 0.25) is 0 Å². The number of carbonyl (C=O) groups is 1. The third-order valence-corrected chi connectivity index (χ3v) is 1.28. The van der Waals surface area contributed by atoms with Crippen LogP contribution < -0.4 is 0 Å². The van der Waals surface area contributed by atoms with Gasteiger partial charge in [0.15, 0.2) is 6.29 Å². The molecule has 0 radical (unpaired) electrons. The van der Waals surface area contributed by atoms with E-state index in [9.17, 15) is 4.79 Å². The van der Waals surface area contributed by atoms with Crippen LogP contribution in [0, 0.1) is 0 Å². The molecule has 0 bridgehead atoms. The Morgan fingerprint density at radius 2 is 2.62 bits per heavy atom. The first-order chi connectivity index (χ1) is 3.93. The van der Waals surface area contributed by atoms with E-state index < -0.39 is 0 Å². The molecule has 0 aromatic heterocycles. The second kappa shape index (κ2) is 2.57. The first-order valence-electron chi connectivity index (χ1n) is 2.07. The van der Waals surface area contributed by atoms with Gasteiger partial charge in [-0.2, -0.15) is 0 Å². The van der Waals surface area contributed by atoms with Crippen LogP contribution in [0.15, 0.2) is 23.3 Å². The lowest BCUT2D eigenvalue weighted by Crippen LogP contribution is -1.81. The summed E-state index contributed by atoms with van der Waals surface area (Å²) in [5.74, 6) is 0. The molecule has 0 unspecified atom stereocenters. The van der Waals surface area contributed by atoms with Crippen LogP contribution in [0.4, 0.5) is 0 Å². The molecule has 0 fully saturated rings. The van der Waals surface area contributed by atoms with Crippen molar-refractivity contribution in [3.05, 3.63) is 23.3 Å². The van der Waals surface area contributed by atoms with Gasteiger partial charge in [0.1, 0.15) is 6.26 Å². The molecule has 1 aliphatic rings. The van der Waals surface area contributed by atoms with Crippen LogP contribution in [0.25, 0.3) is 0 Å². The fourth-order valence-corrected chi connectivity index (χ4v) is 0.749. The maximum Gasteiger partial charge on any atom is 0.150 e. The summed E-state index contributed by atoms with van der Waals surface area (Å²) in [4.78, 5) is 9.97. The Kier molecular flexibility index (Phi) is 1.75. The van der Waals surface area contributed by atoms with Crippen molar-refractivity contribution in [3.8, 4) is 0 Å². The molecule has 0 aromatic carbocycles. The van der Waals surface area contributed by atoms with Gasteiger partial charge in [-0.25, -0.2) is 0 Å². The van der Waals surface area contributed by atoms with E-state index in [-0.39, 0.29) is 0 Å². The SMILES string of the molecule is O=CC1=CSOC=C1. The molecule has 0 N–H and O–H groups in total. The minimum atomic E-state index is 0.654. The molecule has 3 heteroatoms. The highest BCUT2D eigenvalue weighted by Crippen LogP contribution is 2.13.